The van der Waals surface area contributed by atoms with Crippen LogP contribution in [0.5, 0.6) is 11.5 Å². The van der Waals surface area contributed by atoms with Crippen LogP contribution in [0.1, 0.15) is 5.56 Å². The second-order valence-electron chi connectivity index (χ2n) is 4.01. The first-order valence-electron chi connectivity index (χ1n) is 5.80. The highest BCUT2D eigenvalue weighted by atomic mass is 79.9. The minimum absolute atomic E-state index is 0.128. The Morgan fingerprint density at radius 2 is 1.89 bits per heavy atom. The van der Waals surface area contributed by atoms with Crippen molar-refractivity contribution in [1.29, 1.82) is 0 Å². The fraction of sp³-hybridized carbons (Fsp3) is 0.133. The molecule has 0 saturated heterocycles. The number of halogens is 1. The molecule has 0 heterocycles. The van der Waals surface area contributed by atoms with Gasteiger partial charge in [-0.3, -0.25) is 0 Å². The number of benzene rings is 2. The molecule has 0 aromatic heterocycles. The summed E-state index contributed by atoms with van der Waals surface area (Å²) in [7, 11) is 0. The Morgan fingerprint density at radius 1 is 1.16 bits per heavy atom. The minimum Gasteiger partial charge on any atom is -0.481 e. The van der Waals surface area contributed by atoms with Crippen LogP contribution in [0.25, 0.3) is 0 Å². The van der Waals surface area contributed by atoms with E-state index in [4.69, 9.17) is 9.47 Å². The topological polar surface area (TPSA) is 35.5 Å². The maximum Gasteiger partial charge on any atom is 0.349 e. The first-order chi connectivity index (χ1) is 9.15. The van der Waals surface area contributed by atoms with Crippen LogP contribution < -0.4 is 9.47 Å². The zero-order chi connectivity index (χ0) is 13.7. The van der Waals surface area contributed by atoms with Crippen LogP contribution in [0.4, 0.5) is 0 Å². The molecule has 2 aromatic carbocycles. The highest BCUT2D eigenvalue weighted by molar-refractivity contribution is 9.10. The lowest BCUT2D eigenvalue weighted by Gasteiger charge is -2.08. The molecule has 0 N–H and O–H groups in total. The number of hydrogen-bond acceptors (Lipinski definition) is 3. The Morgan fingerprint density at radius 3 is 2.58 bits per heavy atom. The number of hydrogen-bond donors (Lipinski definition) is 0. The van der Waals surface area contributed by atoms with Crippen LogP contribution in [0.2, 0.25) is 0 Å². The van der Waals surface area contributed by atoms with Crippen molar-refractivity contribution in [2.24, 2.45) is 0 Å². The second-order valence-corrected chi connectivity index (χ2v) is 4.86. The van der Waals surface area contributed by atoms with Gasteiger partial charge in [-0.2, -0.15) is 0 Å². The van der Waals surface area contributed by atoms with Gasteiger partial charge in [-0.1, -0.05) is 24.3 Å². The lowest BCUT2D eigenvalue weighted by Crippen LogP contribution is -2.17. The van der Waals surface area contributed by atoms with Gasteiger partial charge in [-0.15, -0.1) is 0 Å². The maximum absolute atomic E-state index is 11.6. The third-order valence-electron chi connectivity index (χ3n) is 2.41. The van der Waals surface area contributed by atoms with Crippen LogP contribution in [0.3, 0.4) is 0 Å². The number of para-hydroxylation sites is 1. The van der Waals surface area contributed by atoms with Crippen molar-refractivity contribution < 1.29 is 14.3 Å². The summed E-state index contributed by atoms with van der Waals surface area (Å²) in [6, 6.07) is 14.6. The van der Waals surface area contributed by atoms with Gasteiger partial charge in [0.2, 0.25) is 0 Å². The van der Waals surface area contributed by atoms with E-state index >= 15 is 0 Å². The van der Waals surface area contributed by atoms with Crippen molar-refractivity contribution in [2.45, 2.75) is 6.92 Å². The van der Waals surface area contributed by atoms with E-state index in [2.05, 4.69) is 15.9 Å². The molecular weight excluding hydrogens is 308 g/mol. The molecule has 4 heteroatoms. The first kappa shape index (κ1) is 13.6. The van der Waals surface area contributed by atoms with E-state index in [-0.39, 0.29) is 6.61 Å². The van der Waals surface area contributed by atoms with E-state index < -0.39 is 5.97 Å². The lowest BCUT2D eigenvalue weighted by atomic mass is 10.2. The van der Waals surface area contributed by atoms with Crippen LogP contribution in [-0.4, -0.2) is 12.6 Å². The predicted molar refractivity (Wildman–Crippen MR) is 76.5 cm³/mol. The highest BCUT2D eigenvalue weighted by Gasteiger charge is 2.07. The lowest BCUT2D eigenvalue weighted by molar-refractivity contribution is -0.136. The van der Waals surface area contributed by atoms with Crippen molar-refractivity contribution >= 4 is 21.9 Å². The number of rotatable bonds is 4. The summed E-state index contributed by atoms with van der Waals surface area (Å²) < 4.78 is 11.3. The van der Waals surface area contributed by atoms with Crippen molar-refractivity contribution in [2.75, 3.05) is 6.61 Å². The Hall–Kier alpha value is -1.81. The molecule has 98 valence electrons. The van der Waals surface area contributed by atoms with Crippen LogP contribution in [-0.2, 0) is 4.79 Å². The zero-order valence-electron chi connectivity index (χ0n) is 10.4. The Bertz CT molecular complexity index is 567. The average Bonchev–Trinajstić information content (AvgIpc) is 2.39. The minimum atomic E-state index is -0.432. The summed E-state index contributed by atoms with van der Waals surface area (Å²) in [5.41, 5.74) is 1.12. The normalized spacial score (nSPS) is 10.0. The molecule has 0 atom stereocenters. The zero-order valence-corrected chi connectivity index (χ0v) is 12.0. The van der Waals surface area contributed by atoms with E-state index in [9.17, 15) is 4.79 Å². The van der Waals surface area contributed by atoms with Crippen molar-refractivity contribution in [3.63, 3.8) is 0 Å². The second kappa shape index (κ2) is 6.38. The van der Waals surface area contributed by atoms with Gasteiger partial charge in [0, 0.05) is 0 Å². The fourth-order valence-corrected chi connectivity index (χ4v) is 2.12. The molecule has 3 nitrogen and oxygen atoms in total. The number of carbonyl (C=O) groups excluding carboxylic acids is 1. The average molecular weight is 321 g/mol. The molecule has 0 radical (unpaired) electrons. The Labute approximate surface area is 120 Å². The summed E-state index contributed by atoms with van der Waals surface area (Å²) in [4.78, 5) is 11.6. The summed E-state index contributed by atoms with van der Waals surface area (Å²) in [6.45, 7) is 1.86. The molecule has 19 heavy (non-hydrogen) atoms. The van der Waals surface area contributed by atoms with Crippen LogP contribution >= 0.6 is 15.9 Å². The van der Waals surface area contributed by atoms with Crippen molar-refractivity contribution in [3.05, 3.63) is 58.6 Å². The van der Waals surface area contributed by atoms with Gasteiger partial charge >= 0.3 is 5.97 Å². The molecule has 0 fully saturated rings. The Kier molecular flexibility index (Phi) is 4.58. The third kappa shape index (κ3) is 4.10. The molecule has 0 saturated carbocycles. The molecule has 0 spiro atoms. The number of carbonyl (C=O) groups is 1. The van der Waals surface area contributed by atoms with Crippen molar-refractivity contribution in [3.8, 4) is 11.5 Å². The highest BCUT2D eigenvalue weighted by Crippen LogP contribution is 2.25. The van der Waals surface area contributed by atoms with Gasteiger partial charge in [-0.05, 0) is 52.7 Å². The largest absolute Gasteiger partial charge is 0.481 e. The standard InChI is InChI=1S/C15H13BrO3/c1-11-7-8-14(13(16)9-11)18-10-15(17)19-12-5-3-2-4-6-12/h2-9H,10H2,1H3. The van der Waals surface area contributed by atoms with E-state index in [0.29, 0.717) is 11.5 Å². The predicted octanol–water partition coefficient (Wildman–Crippen LogP) is 3.74. The quantitative estimate of drug-likeness (QED) is 0.636. The molecule has 2 rings (SSSR count). The molecule has 0 aliphatic carbocycles. The third-order valence-corrected chi connectivity index (χ3v) is 3.03. The van der Waals surface area contributed by atoms with Gasteiger partial charge in [0.15, 0.2) is 6.61 Å². The Balaban J connectivity index is 1.90. The number of ether oxygens (including phenoxy) is 2. The summed E-state index contributed by atoms with van der Waals surface area (Å²) in [6.07, 6.45) is 0. The van der Waals surface area contributed by atoms with E-state index in [1.165, 1.54) is 0 Å². The summed E-state index contributed by atoms with van der Waals surface area (Å²) in [5.74, 6) is 0.702. The molecule has 0 aliphatic heterocycles. The smallest absolute Gasteiger partial charge is 0.349 e. The van der Waals surface area contributed by atoms with Crippen LogP contribution in [0, 0.1) is 6.92 Å². The van der Waals surface area contributed by atoms with E-state index in [1.54, 1.807) is 24.3 Å². The maximum atomic E-state index is 11.6. The van der Waals surface area contributed by atoms with Gasteiger partial charge in [0.05, 0.1) is 4.47 Å². The molecule has 0 bridgehead atoms. The summed E-state index contributed by atoms with van der Waals surface area (Å²) >= 11 is 3.39. The molecular formula is C15H13BrO3. The van der Waals surface area contributed by atoms with E-state index in [1.807, 2.05) is 31.2 Å². The number of esters is 1. The van der Waals surface area contributed by atoms with Gasteiger partial charge in [-0.25, -0.2) is 4.79 Å². The SMILES string of the molecule is Cc1ccc(OCC(=O)Oc2ccccc2)c(Br)c1. The van der Waals surface area contributed by atoms with Gasteiger partial charge < -0.3 is 9.47 Å². The monoisotopic (exact) mass is 320 g/mol. The van der Waals surface area contributed by atoms with Crippen molar-refractivity contribution in [1.82, 2.24) is 0 Å². The first-order valence-corrected chi connectivity index (χ1v) is 6.59. The van der Waals surface area contributed by atoms with Gasteiger partial charge in [0.25, 0.3) is 0 Å². The van der Waals surface area contributed by atoms with Gasteiger partial charge in [0.1, 0.15) is 11.5 Å². The summed E-state index contributed by atoms with van der Waals surface area (Å²) in [5, 5.41) is 0. The number of aryl methyl sites for hydroxylation is 1. The fourth-order valence-electron chi connectivity index (χ4n) is 1.51. The van der Waals surface area contributed by atoms with E-state index in [0.717, 1.165) is 10.0 Å². The molecule has 0 aliphatic rings. The van der Waals surface area contributed by atoms with Crippen LogP contribution in [0.15, 0.2) is 53.0 Å². The molecule has 2 aromatic rings. The molecule has 0 amide bonds. The molecule has 0 unspecified atom stereocenters.